The number of nitrogens with zero attached hydrogens (tertiary/aromatic N) is 5. The van der Waals surface area contributed by atoms with Gasteiger partial charge in [-0.3, -0.25) is 4.40 Å². The molecule has 3 aromatic heterocycles. The van der Waals surface area contributed by atoms with E-state index in [1.807, 2.05) is 6.92 Å². The topological polar surface area (TPSA) is 84.6 Å². The van der Waals surface area contributed by atoms with Crippen molar-refractivity contribution in [3.05, 3.63) is 42.4 Å². The minimum Gasteiger partial charge on any atom is -0.449 e. The zero-order chi connectivity index (χ0) is 21.8. The molecule has 31 heavy (non-hydrogen) atoms. The molecule has 0 saturated carbocycles. The first kappa shape index (κ1) is 21.0. The summed E-state index contributed by atoms with van der Waals surface area (Å²) in [4.78, 5) is 26.4. The number of fused-ring (bicyclic) bond motifs is 1. The molecule has 0 spiro atoms. The fourth-order valence-corrected chi connectivity index (χ4v) is 3.56. The lowest BCUT2D eigenvalue weighted by molar-refractivity contribution is 0.0920. The fourth-order valence-electron chi connectivity index (χ4n) is 3.56. The molecule has 1 unspecified atom stereocenters. The lowest BCUT2D eigenvalue weighted by Crippen LogP contribution is -2.45. The molecule has 1 aliphatic heterocycles. The third-order valence-corrected chi connectivity index (χ3v) is 5.19. The molecule has 0 aromatic carbocycles. The number of hydrogen-bond acceptors (Lipinski definition) is 6. The molecular weight excluding hydrogens is 406 g/mol. The van der Waals surface area contributed by atoms with E-state index in [0.29, 0.717) is 31.0 Å². The zero-order valence-corrected chi connectivity index (χ0v) is 17.2. The van der Waals surface area contributed by atoms with E-state index < -0.39 is 11.6 Å². The monoisotopic (exact) mass is 430 g/mol. The summed E-state index contributed by atoms with van der Waals surface area (Å²) in [6.07, 6.45) is 6.82. The summed E-state index contributed by atoms with van der Waals surface area (Å²) in [5.74, 6) is -0.789. The standard InChI is InChI=1S/C21H24F2N6O2/c1-2-3-9-31-21(30)28-8-4-5-15(13-28)26-19-16(23)10-25-20(27-19)17-11-24-18-7-6-14(22)12-29(17)18/h6-7,10-12,15H,2-5,8-9,13H2,1H3,(H,25,26,27). The lowest BCUT2D eigenvalue weighted by Gasteiger charge is -2.32. The molecule has 4 heterocycles. The Hall–Kier alpha value is -3.30. The van der Waals surface area contributed by atoms with Gasteiger partial charge in [0.15, 0.2) is 17.5 Å². The number of rotatable bonds is 6. The third kappa shape index (κ3) is 4.73. The van der Waals surface area contributed by atoms with E-state index in [9.17, 15) is 13.6 Å². The van der Waals surface area contributed by atoms with Crippen LogP contribution in [0.1, 0.15) is 32.6 Å². The van der Waals surface area contributed by atoms with Crippen LogP contribution >= 0.6 is 0 Å². The van der Waals surface area contributed by atoms with Gasteiger partial charge >= 0.3 is 6.09 Å². The Kier molecular flexibility index (Phi) is 6.24. The molecule has 3 aromatic rings. The van der Waals surface area contributed by atoms with Crippen molar-refractivity contribution in [3.8, 4) is 11.5 Å². The minimum atomic E-state index is -0.605. The van der Waals surface area contributed by atoms with Crippen molar-refractivity contribution in [2.75, 3.05) is 25.0 Å². The third-order valence-electron chi connectivity index (χ3n) is 5.19. The Bertz CT molecular complexity index is 1070. The lowest BCUT2D eigenvalue weighted by atomic mass is 10.1. The van der Waals surface area contributed by atoms with Crippen LogP contribution in [-0.4, -0.2) is 56.1 Å². The number of pyridine rings is 1. The number of anilines is 1. The van der Waals surface area contributed by atoms with E-state index in [0.717, 1.165) is 31.9 Å². The van der Waals surface area contributed by atoms with Gasteiger partial charge in [0.2, 0.25) is 0 Å². The second kappa shape index (κ2) is 9.23. The van der Waals surface area contributed by atoms with E-state index >= 15 is 0 Å². The summed E-state index contributed by atoms with van der Waals surface area (Å²) < 4.78 is 34.9. The molecule has 0 bridgehead atoms. The first-order chi connectivity index (χ1) is 15.0. The van der Waals surface area contributed by atoms with Crippen LogP contribution in [-0.2, 0) is 4.74 Å². The second-order valence-corrected chi connectivity index (χ2v) is 7.51. The molecule has 164 valence electrons. The van der Waals surface area contributed by atoms with Crippen LogP contribution in [0.3, 0.4) is 0 Å². The first-order valence-corrected chi connectivity index (χ1v) is 10.4. The number of carbonyl (C=O) groups excluding carboxylic acids is 1. The summed E-state index contributed by atoms with van der Waals surface area (Å²) in [6, 6.07) is 2.68. The van der Waals surface area contributed by atoms with Crippen molar-refractivity contribution < 1.29 is 18.3 Å². The summed E-state index contributed by atoms with van der Waals surface area (Å²) >= 11 is 0. The Labute approximate surface area is 178 Å². The number of halogens is 2. The van der Waals surface area contributed by atoms with Gasteiger partial charge in [0, 0.05) is 25.3 Å². The number of imidazole rings is 1. The summed E-state index contributed by atoms with van der Waals surface area (Å²) in [5, 5.41) is 3.08. The van der Waals surface area contributed by atoms with Crippen LogP contribution in [0.25, 0.3) is 17.2 Å². The molecular formula is C21H24F2N6O2. The highest BCUT2D eigenvalue weighted by Crippen LogP contribution is 2.22. The van der Waals surface area contributed by atoms with E-state index in [4.69, 9.17) is 4.74 Å². The molecule has 1 amide bonds. The molecule has 1 fully saturated rings. The van der Waals surface area contributed by atoms with Gasteiger partial charge in [0.25, 0.3) is 0 Å². The molecule has 0 radical (unpaired) electrons. The maximum atomic E-state index is 14.4. The Morgan fingerprint density at radius 2 is 2.16 bits per heavy atom. The number of likely N-dealkylation sites (tertiary alicyclic amines) is 1. The average molecular weight is 430 g/mol. The van der Waals surface area contributed by atoms with Gasteiger partial charge in [-0.05, 0) is 31.4 Å². The maximum Gasteiger partial charge on any atom is 0.409 e. The SMILES string of the molecule is CCCCOC(=O)N1CCCC(Nc2nc(-c3cnc4ccc(F)cn34)ncc2F)C1. The number of carbonyl (C=O) groups is 1. The highest BCUT2D eigenvalue weighted by atomic mass is 19.1. The van der Waals surface area contributed by atoms with Gasteiger partial charge in [-0.15, -0.1) is 0 Å². The Morgan fingerprint density at radius 3 is 3.00 bits per heavy atom. The van der Waals surface area contributed by atoms with Crippen molar-refractivity contribution in [3.63, 3.8) is 0 Å². The van der Waals surface area contributed by atoms with Crippen molar-refractivity contribution in [2.24, 2.45) is 0 Å². The number of aromatic nitrogens is 4. The van der Waals surface area contributed by atoms with Gasteiger partial charge in [-0.25, -0.2) is 28.5 Å². The normalized spacial score (nSPS) is 16.5. The van der Waals surface area contributed by atoms with Crippen LogP contribution in [0, 0.1) is 11.6 Å². The smallest absolute Gasteiger partial charge is 0.409 e. The quantitative estimate of drug-likeness (QED) is 0.598. The predicted molar refractivity (Wildman–Crippen MR) is 111 cm³/mol. The van der Waals surface area contributed by atoms with Gasteiger partial charge in [-0.1, -0.05) is 13.3 Å². The highest BCUT2D eigenvalue weighted by Gasteiger charge is 2.26. The number of hydrogen-bond donors (Lipinski definition) is 1. The number of unbranched alkanes of at least 4 members (excludes halogenated alkanes) is 1. The van der Waals surface area contributed by atoms with Crippen LogP contribution in [0.2, 0.25) is 0 Å². The van der Waals surface area contributed by atoms with E-state index in [1.54, 1.807) is 4.90 Å². The zero-order valence-electron chi connectivity index (χ0n) is 17.2. The maximum absolute atomic E-state index is 14.4. The van der Waals surface area contributed by atoms with Crippen molar-refractivity contribution in [2.45, 2.75) is 38.6 Å². The highest BCUT2D eigenvalue weighted by molar-refractivity contribution is 5.68. The Morgan fingerprint density at radius 1 is 1.29 bits per heavy atom. The first-order valence-electron chi connectivity index (χ1n) is 10.4. The van der Waals surface area contributed by atoms with Crippen molar-refractivity contribution >= 4 is 17.6 Å². The van der Waals surface area contributed by atoms with Crippen LogP contribution in [0.15, 0.2) is 30.7 Å². The van der Waals surface area contributed by atoms with Gasteiger partial charge in [0.1, 0.15) is 17.2 Å². The van der Waals surface area contributed by atoms with Gasteiger partial charge < -0.3 is 15.0 Å². The number of piperidine rings is 1. The Balaban J connectivity index is 1.50. The fraction of sp³-hybridized carbons (Fsp3) is 0.429. The van der Waals surface area contributed by atoms with Crippen LogP contribution in [0.4, 0.5) is 19.4 Å². The van der Waals surface area contributed by atoms with E-state index in [-0.39, 0.29) is 23.8 Å². The molecule has 1 atom stereocenters. The van der Waals surface area contributed by atoms with Crippen molar-refractivity contribution in [1.82, 2.24) is 24.3 Å². The van der Waals surface area contributed by atoms with Crippen LogP contribution in [0.5, 0.6) is 0 Å². The minimum absolute atomic E-state index is 0.0301. The molecule has 1 aliphatic rings. The molecule has 0 aliphatic carbocycles. The van der Waals surface area contributed by atoms with E-state index in [2.05, 4.69) is 20.3 Å². The average Bonchev–Trinajstić information content (AvgIpc) is 3.18. The second-order valence-electron chi connectivity index (χ2n) is 7.51. The van der Waals surface area contributed by atoms with Gasteiger partial charge in [-0.2, -0.15) is 0 Å². The molecule has 10 heteroatoms. The molecule has 8 nitrogen and oxygen atoms in total. The summed E-state index contributed by atoms with van der Waals surface area (Å²) in [5.41, 5.74) is 0.977. The number of nitrogens with one attached hydrogen (secondary N) is 1. The molecule has 1 N–H and O–H groups in total. The van der Waals surface area contributed by atoms with Gasteiger partial charge in [0.05, 0.1) is 19.0 Å². The number of ether oxygens (including phenoxy) is 1. The van der Waals surface area contributed by atoms with E-state index in [1.165, 1.54) is 28.9 Å². The predicted octanol–water partition coefficient (Wildman–Crippen LogP) is 3.88. The number of amides is 1. The molecule has 1 saturated heterocycles. The largest absolute Gasteiger partial charge is 0.449 e. The van der Waals surface area contributed by atoms with Crippen LogP contribution < -0.4 is 5.32 Å². The summed E-state index contributed by atoms with van der Waals surface area (Å²) in [6.45, 7) is 3.43. The molecule has 4 rings (SSSR count). The summed E-state index contributed by atoms with van der Waals surface area (Å²) in [7, 11) is 0. The van der Waals surface area contributed by atoms with Crippen molar-refractivity contribution in [1.29, 1.82) is 0 Å².